The number of carboxylic acids is 1. The normalized spacial score (nSPS) is 11.5. The quantitative estimate of drug-likeness (QED) is 0.776. The van der Waals surface area contributed by atoms with Gasteiger partial charge in [-0.05, 0) is 6.92 Å². The molecule has 14 heavy (non-hydrogen) atoms. The lowest BCUT2D eigenvalue weighted by molar-refractivity contribution is -0.138. The summed E-state index contributed by atoms with van der Waals surface area (Å²) in [6.07, 6.45) is 1.22. The second-order valence-electron chi connectivity index (χ2n) is 2.50. The zero-order valence-corrected chi connectivity index (χ0v) is 8.06. The van der Waals surface area contributed by atoms with Gasteiger partial charge < -0.3 is 10.2 Å². The Balaban J connectivity index is 0.00000169. The first-order valence-electron chi connectivity index (χ1n) is 3.53. The summed E-state index contributed by atoms with van der Waals surface area (Å²) in [5.74, 6) is -2.01. The van der Waals surface area contributed by atoms with Gasteiger partial charge in [-0.2, -0.15) is 0 Å². The van der Waals surface area contributed by atoms with Gasteiger partial charge in [-0.15, -0.1) is 12.4 Å². The minimum atomic E-state index is -1.24. The predicted molar refractivity (Wildman–Crippen MR) is 48.9 cm³/mol. The van der Waals surface area contributed by atoms with Crippen molar-refractivity contribution < 1.29 is 19.8 Å². The number of carbonyl (C=O) groups is 2. The minimum Gasteiger partial charge on any atom is -0.481 e. The Labute approximate surface area is 85.6 Å². The summed E-state index contributed by atoms with van der Waals surface area (Å²) in [5, 5.41) is 17.2. The maximum absolute atomic E-state index is 10.5. The van der Waals surface area contributed by atoms with E-state index in [0.29, 0.717) is 0 Å². The van der Waals surface area contributed by atoms with E-state index in [1.165, 1.54) is 19.3 Å². The molecule has 1 heterocycles. The number of rotatable bonds is 2. The van der Waals surface area contributed by atoms with Gasteiger partial charge in [0.25, 0.3) is 0 Å². The van der Waals surface area contributed by atoms with E-state index in [2.05, 4.69) is 4.98 Å². The Morgan fingerprint density at radius 1 is 1.50 bits per heavy atom. The summed E-state index contributed by atoms with van der Waals surface area (Å²) < 4.78 is 0.790. The molecule has 0 aliphatic heterocycles. The molecule has 0 saturated carbocycles. The van der Waals surface area contributed by atoms with Gasteiger partial charge in [-0.25, -0.2) is 14.3 Å². The molecular formula is C7H9ClN2O4. The van der Waals surface area contributed by atoms with Gasteiger partial charge in [-0.1, -0.05) is 0 Å². The van der Waals surface area contributed by atoms with Crippen LogP contribution in [0.5, 0.6) is 0 Å². The summed E-state index contributed by atoms with van der Waals surface area (Å²) in [7, 11) is 0. The van der Waals surface area contributed by atoms with Crippen molar-refractivity contribution in [2.75, 3.05) is 0 Å². The number of halogens is 1. The van der Waals surface area contributed by atoms with E-state index in [1.807, 2.05) is 0 Å². The third-order valence-electron chi connectivity index (χ3n) is 1.63. The summed E-state index contributed by atoms with van der Waals surface area (Å²) in [5.41, 5.74) is 0. The van der Waals surface area contributed by atoms with Gasteiger partial charge in [0.1, 0.15) is 11.7 Å². The summed E-state index contributed by atoms with van der Waals surface area (Å²) in [4.78, 5) is 24.7. The Hall–Kier alpha value is -1.56. The van der Waals surface area contributed by atoms with E-state index >= 15 is 0 Å². The van der Waals surface area contributed by atoms with E-state index in [-0.39, 0.29) is 18.2 Å². The average molecular weight is 221 g/mol. The molecule has 1 rings (SSSR count). The van der Waals surface area contributed by atoms with Gasteiger partial charge in [0.05, 0.1) is 0 Å². The van der Waals surface area contributed by atoms with Gasteiger partial charge in [-0.3, -0.25) is 4.79 Å². The van der Waals surface area contributed by atoms with Crippen molar-refractivity contribution in [3.05, 3.63) is 18.2 Å². The molecule has 78 valence electrons. The number of nitrogens with zero attached hydrogens (tertiary/aromatic N) is 2. The molecule has 0 radical (unpaired) electrons. The van der Waals surface area contributed by atoms with Crippen LogP contribution in [0.2, 0.25) is 0 Å². The lowest BCUT2D eigenvalue weighted by atomic mass is 10.2. The molecular weight excluding hydrogens is 212 g/mol. The third kappa shape index (κ3) is 2.23. The number of aromatic nitrogens is 2. The van der Waals surface area contributed by atoms with Crippen LogP contribution in [0.4, 0.5) is 4.79 Å². The van der Waals surface area contributed by atoms with Crippen molar-refractivity contribution in [3.63, 3.8) is 0 Å². The maximum atomic E-state index is 10.5. The van der Waals surface area contributed by atoms with Crippen LogP contribution in [0.15, 0.2) is 12.4 Å². The van der Waals surface area contributed by atoms with Crippen LogP contribution < -0.4 is 0 Å². The zero-order valence-electron chi connectivity index (χ0n) is 7.25. The highest BCUT2D eigenvalue weighted by molar-refractivity contribution is 5.85. The van der Waals surface area contributed by atoms with Gasteiger partial charge in [0.15, 0.2) is 0 Å². The second kappa shape index (κ2) is 4.61. The first kappa shape index (κ1) is 12.4. The summed E-state index contributed by atoms with van der Waals surface area (Å²) in [6.45, 7) is 1.38. The summed E-state index contributed by atoms with van der Waals surface area (Å²) in [6, 6.07) is 0. The van der Waals surface area contributed by atoms with Crippen LogP contribution in [-0.2, 0) is 4.79 Å². The van der Waals surface area contributed by atoms with Crippen LogP contribution in [-0.4, -0.2) is 31.8 Å². The number of carboxylic acid groups (broad SMARTS) is 2. The average Bonchev–Trinajstić information content (AvgIpc) is 2.50. The molecule has 6 nitrogen and oxygen atoms in total. The standard InChI is InChI=1S/C7H8N2O4.ClH/c1-4(6(10)11)5-8-2-3-9(5)7(12)13;/h2-4H,1H3,(H,10,11)(H,12,13);1H. The van der Waals surface area contributed by atoms with Gasteiger partial charge in [0.2, 0.25) is 0 Å². The Morgan fingerprint density at radius 2 is 2.07 bits per heavy atom. The van der Waals surface area contributed by atoms with Crippen molar-refractivity contribution in [3.8, 4) is 0 Å². The minimum absolute atomic E-state index is 0. The smallest absolute Gasteiger partial charge is 0.417 e. The molecule has 0 saturated heterocycles. The molecule has 0 aromatic carbocycles. The first-order chi connectivity index (χ1) is 6.04. The largest absolute Gasteiger partial charge is 0.481 e. The van der Waals surface area contributed by atoms with E-state index in [9.17, 15) is 9.59 Å². The van der Waals surface area contributed by atoms with Crippen molar-refractivity contribution >= 4 is 24.5 Å². The zero-order chi connectivity index (χ0) is 10.0. The molecule has 1 aromatic rings. The molecule has 7 heteroatoms. The number of hydrogen-bond acceptors (Lipinski definition) is 3. The fourth-order valence-electron chi connectivity index (χ4n) is 0.908. The van der Waals surface area contributed by atoms with Gasteiger partial charge >= 0.3 is 12.1 Å². The van der Waals surface area contributed by atoms with Gasteiger partial charge in [0, 0.05) is 12.4 Å². The maximum Gasteiger partial charge on any atom is 0.417 e. The Morgan fingerprint density at radius 3 is 2.50 bits per heavy atom. The van der Waals surface area contributed by atoms with Crippen LogP contribution >= 0.6 is 12.4 Å². The van der Waals surface area contributed by atoms with Crippen molar-refractivity contribution in [1.29, 1.82) is 0 Å². The SMILES string of the molecule is CC(C(=O)O)c1nccn1C(=O)O.Cl. The van der Waals surface area contributed by atoms with Crippen LogP contribution in [0.1, 0.15) is 18.7 Å². The van der Waals surface area contributed by atoms with E-state index in [4.69, 9.17) is 10.2 Å². The number of aliphatic carboxylic acids is 1. The molecule has 0 aliphatic carbocycles. The molecule has 0 bridgehead atoms. The molecule has 1 unspecified atom stereocenters. The first-order valence-corrected chi connectivity index (χ1v) is 3.53. The van der Waals surface area contributed by atoms with E-state index < -0.39 is 18.0 Å². The molecule has 1 aromatic heterocycles. The van der Waals surface area contributed by atoms with E-state index in [1.54, 1.807) is 0 Å². The van der Waals surface area contributed by atoms with Crippen LogP contribution in [0, 0.1) is 0 Å². The molecule has 0 fully saturated rings. The molecule has 0 amide bonds. The highest BCUT2D eigenvalue weighted by Gasteiger charge is 2.21. The predicted octanol–water partition coefficient (Wildman–Crippen LogP) is 1.02. The number of hydrogen-bond donors (Lipinski definition) is 2. The third-order valence-corrected chi connectivity index (χ3v) is 1.63. The monoisotopic (exact) mass is 220 g/mol. The molecule has 2 N–H and O–H groups in total. The topological polar surface area (TPSA) is 92.4 Å². The Bertz CT molecular complexity index is 349. The van der Waals surface area contributed by atoms with Crippen LogP contribution in [0.25, 0.3) is 0 Å². The fourth-order valence-corrected chi connectivity index (χ4v) is 0.908. The molecule has 0 aliphatic rings. The summed E-state index contributed by atoms with van der Waals surface area (Å²) >= 11 is 0. The fraction of sp³-hybridized carbons (Fsp3) is 0.286. The Kier molecular flexibility index (Phi) is 4.10. The van der Waals surface area contributed by atoms with Crippen LogP contribution in [0.3, 0.4) is 0 Å². The van der Waals surface area contributed by atoms with Crippen molar-refractivity contribution in [1.82, 2.24) is 9.55 Å². The highest BCUT2D eigenvalue weighted by atomic mass is 35.5. The van der Waals surface area contributed by atoms with Crippen molar-refractivity contribution in [2.45, 2.75) is 12.8 Å². The highest BCUT2D eigenvalue weighted by Crippen LogP contribution is 2.12. The lowest BCUT2D eigenvalue weighted by Crippen LogP contribution is -2.18. The second-order valence-corrected chi connectivity index (χ2v) is 2.50. The molecule has 1 atom stereocenters. The number of imidazole rings is 1. The lowest BCUT2D eigenvalue weighted by Gasteiger charge is -2.05. The van der Waals surface area contributed by atoms with Crippen molar-refractivity contribution in [2.24, 2.45) is 0 Å². The molecule has 0 spiro atoms. The van der Waals surface area contributed by atoms with E-state index in [0.717, 1.165) is 4.57 Å².